The predicted molar refractivity (Wildman–Crippen MR) is 102 cm³/mol. The molecule has 0 saturated carbocycles. The zero-order valence-electron chi connectivity index (χ0n) is 15.8. The van der Waals surface area contributed by atoms with Gasteiger partial charge in [0.15, 0.2) is 0 Å². The molecule has 0 spiro atoms. The van der Waals surface area contributed by atoms with E-state index in [0.29, 0.717) is 19.6 Å². The standard InChI is InChI=1S/C20H30N4O2/c1-3-21-20(26)24-11-9-17(10-12-24)22-19(25)18-13-15-7-5-6-8-16(15)14-23(18)4-2/h5-8,17-18H,3-4,9-14H2,1-2H3,(H,21,26)(H,22,25). The first-order chi connectivity index (χ1) is 12.6. The van der Waals surface area contributed by atoms with Gasteiger partial charge in [0.05, 0.1) is 6.04 Å². The minimum atomic E-state index is -0.101. The highest BCUT2D eigenvalue weighted by atomic mass is 16.2. The van der Waals surface area contributed by atoms with Crippen molar-refractivity contribution < 1.29 is 9.59 Å². The number of nitrogens with zero attached hydrogens (tertiary/aromatic N) is 2. The van der Waals surface area contributed by atoms with E-state index in [0.717, 1.165) is 32.4 Å². The van der Waals surface area contributed by atoms with E-state index in [1.165, 1.54) is 11.1 Å². The highest BCUT2D eigenvalue weighted by Crippen LogP contribution is 2.23. The van der Waals surface area contributed by atoms with E-state index in [2.05, 4.69) is 40.7 Å². The Kier molecular flexibility index (Phi) is 6.14. The highest BCUT2D eigenvalue weighted by molar-refractivity contribution is 5.83. The predicted octanol–water partition coefficient (Wildman–Crippen LogP) is 1.74. The van der Waals surface area contributed by atoms with Gasteiger partial charge in [0.1, 0.15) is 0 Å². The minimum Gasteiger partial charge on any atom is -0.352 e. The second-order valence-corrected chi connectivity index (χ2v) is 7.16. The molecule has 1 saturated heterocycles. The monoisotopic (exact) mass is 358 g/mol. The van der Waals surface area contributed by atoms with Crippen LogP contribution < -0.4 is 10.6 Å². The van der Waals surface area contributed by atoms with Gasteiger partial charge >= 0.3 is 6.03 Å². The second-order valence-electron chi connectivity index (χ2n) is 7.16. The number of amides is 3. The number of likely N-dealkylation sites (N-methyl/N-ethyl adjacent to an activating group) is 1. The van der Waals surface area contributed by atoms with Crippen molar-refractivity contribution in [2.24, 2.45) is 0 Å². The molecule has 2 aliphatic rings. The van der Waals surface area contributed by atoms with E-state index in [4.69, 9.17) is 0 Å². The maximum atomic E-state index is 12.9. The van der Waals surface area contributed by atoms with Crippen LogP contribution in [0.5, 0.6) is 0 Å². The van der Waals surface area contributed by atoms with E-state index in [-0.39, 0.29) is 24.0 Å². The molecule has 2 aliphatic heterocycles. The van der Waals surface area contributed by atoms with Crippen LogP contribution in [0.15, 0.2) is 24.3 Å². The number of hydrogen-bond donors (Lipinski definition) is 2. The second kappa shape index (κ2) is 8.54. The lowest BCUT2D eigenvalue weighted by Crippen LogP contribution is -2.55. The van der Waals surface area contributed by atoms with Gasteiger partial charge in [-0.3, -0.25) is 9.69 Å². The lowest BCUT2D eigenvalue weighted by molar-refractivity contribution is -0.128. The van der Waals surface area contributed by atoms with Crippen LogP contribution in [-0.2, 0) is 17.8 Å². The molecule has 3 rings (SSSR count). The SMILES string of the molecule is CCNC(=O)N1CCC(NC(=O)C2Cc3ccccc3CN2CC)CC1. The summed E-state index contributed by atoms with van der Waals surface area (Å²) in [4.78, 5) is 28.9. The minimum absolute atomic E-state index is 0.00155. The molecular formula is C20H30N4O2. The number of piperidine rings is 1. The van der Waals surface area contributed by atoms with Crippen molar-refractivity contribution in [1.82, 2.24) is 20.4 Å². The number of fused-ring (bicyclic) bond motifs is 1. The number of likely N-dealkylation sites (tertiary alicyclic amines) is 1. The molecule has 0 bridgehead atoms. The van der Waals surface area contributed by atoms with Crippen molar-refractivity contribution >= 4 is 11.9 Å². The normalized spacial score (nSPS) is 21.2. The number of carbonyl (C=O) groups excluding carboxylic acids is 2. The van der Waals surface area contributed by atoms with Gasteiger partial charge in [-0.05, 0) is 43.9 Å². The molecule has 0 aliphatic carbocycles. The first kappa shape index (κ1) is 18.7. The third kappa shape index (κ3) is 4.18. The smallest absolute Gasteiger partial charge is 0.317 e. The molecule has 1 unspecified atom stereocenters. The number of nitrogens with one attached hydrogen (secondary N) is 2. The third-order valence-electron chi connectivity index (χ3n) is 5.51. The summed E-state index contributed by atoms with van der Waals surface area (Å²) >= 11 is 0. The van der Waals surface area contributed by atoms with Crippen molar-refractivity contribution in [2.75, 3.05) is 26.2 Å². The van der Waals surface area contributed by atoms with Gasteiger partial charge in [-0.1, -0.05) is 31.2 Å². The zero-order chi connectivity index (χ0) is 18.5. The fourth-order valence-corrected chi connectivity index (χ4v) is 3.96. The van der Waals surface area contributed by atoms with Gasteiger partial charge < -0.3 is 15.5 Å². The van der Waals surface area contributed by atoms with Crippen molar-refractivity contribution in [3.63, 3.8) is 0 Å². The Hall–Kier alpha value is -2.08. The number of rotatable bonds is 4. The molecule has 2 heterocycles. The molecule has 26 heavy (non-hydrogen) atoms. The Morgan fingerprint density at radius 2 is 1.81 bits per heavy atom. The van der Waals surface area contributed by atoms with E-state index in [1.54, 1.807) is 0 Å². The van der Waals surface area contributed by atoms with Crippen molar-refractivity contribution in [3.05, 3.63) is 35.4 Å². The van der Waals surface area contributed by atoms with Gasteiger partial charge in [0.25, 0.3) is 0 Å². The van der Waals surface area contributed by atoms with Crippen LogP contribution in [-0.4, -0.2) is 60.0 Å². The Labute approximate surface area is 155 Å². The highest BCUT2D eigenvalue weighted by Gasteiger charge is 2.32. The molecule has 1 aromatic rings. The number of carbonyl (C=O) groups is 2. The van der Waals surface area contributed by atoms with Crippen LogP contribution in [0, 0.1) is 0 Å². The summed E-state index contributed by atoms with van der Waals surface area (Å²) in [7, 11) is 0. The van der Waals surface area contributed by atoms with Gasteiger partial charge in [0, 0.05) is 32.2 Å². The van der Waals surface area contributed by atoms with Crippen LogP contribution in [0.1, 0.15) is 37.8 Å². The Morgan fingerprint density at radius 3 is 2.46 bits per heavy atom. The molecule has 6 heteroatoms. The summed E-state index contributed by atoms with van der Waals surface area (Å²) in [5.74, 6) is 0.123. The van der Waals surface area contributed by atoms with E-state index in [1.807, 2.05) is 17.9 Å². The largest absolute Gasteiger partial charge is 0.352 e. The lowest BCUT2D eigenvalue weighted by Gasteiger charge is -2.37. The maximum Gasteiger partial charge on any atom is 0.317 e. The molecule has 0 radical (unpaired) electrons. The summed E-state index contributed by atoms with van der Waals surface area (Å²) < 4.78 is 0. The Balaban J connectivity index is 1.56. The lowest BCUT2D eigenvalue weighted by atomic mass is 9.93. The average molecular weight is 358 g/mol. The van der Waals surface area contributed by atoms with Crippen LogP contribution >= 0.6 is 0 Å². The fourth-order valence-electron chi connectivity index (χ4n) is 3.96. The number of urea groups is 1. The first-order valence-electron chi connectivity index (χ1n) is 9.76. The van der Waals surface area contributed by atoms with E-state index >= 15 is 0 Å². The van der Waals surface area contributed by atoms with Crippen LogP contribution in [0.25, 0.3) is 0 Å². The molecule has 2 N–H and O–H groups in total. The molecule has 1 aromatic carbocycles. The number of hydrogen-bond acceptors (Lipinski definition) is 3. The third-order valence-corrected chi connectivity index (χ3v) is 5.51. The Bertz CT molecular complexity index is 640. The molecule has 1 fully saturated rings. The van der Waals surface area contributed by atoms with E-state index in [9.17, 15) is 9.59 Å². The average Bonchev–Trinajstić information content (AvgIpc) is 2.67. The number of benzene rings is 1. The maximum absolute atomic E-state index is 12.9. The van der Waals surface area contributed by atoms with Gasteiger partial charge in [-0.15, -0.1) is 0 Å². The molecule has 1 atom stereocenters. The summed E-state index contributed by atoms with van der Waals surface area (Å²) in [5.41, 5.74) is 2.61. The molecule has 0 aromatic heterocycles. The van der Waals surface area contributed by atoms with Crippen molar-refractivity contribution in [2.45, 2.75) is 51.7 Å². The van der Waals surface area contributed by atoms with Crippen molar-refractivity contribution in [1.29, 1.82) is 0 Å². The molecule has 6 nitrogen and oxygen atoms in total. The summed E-state index contributed by atoms with van der Waals surface area (Å²) in [6.07, 6.45) is 2.41. The van der Waals surface area contributed by atoms with E-state index < -0.39 is 0 Å². The summed E-state index contributed by atoms with van der Waals surface area (Å²) in [5, 5.41) is 6.07. The molecule has 142 valence electrons. The molecule has 3 amide bonds. The quantitative estimate of drug-likeness (QED) is 0.862. The van der Waals surface area contributed by atoms with Crippen LogP contribution in [0.2, 0.25) is 0 Å². The summed E-state index contributed by atoms with van der Waals surface area (Å²) in [6.45, 7) is 7.77. The van der Waals surface area contributed by atoms with Crippen LogP contribution in [0.4, 0.5) is 4.79 Å². The fraction of sp³-hybridized carbons (Fsp3) is 0.600. The topological polar surface area (TPSA) is 64.7 Å². The van der Waals surface area contributed by atoms with Crippen LogP contribution in [0.3, 0.4) is 0 Å². The van der Waals surface area contributed by atoms with Crippen molar-refractivity contribution in [3.8, 4) is 0 Å². The van der Waals surface area contributed by atoms with Gasteiger partial charge in [-0.2, -0.15) is 0 Å². The summed E-state index contributed by atoms with van der Waals surface area (Å²) in [6, 6.07) is 8.46. The molecular weight excluding hydrogens is 328 g/mol. The first-order valence-corrected chi connectivity index (χ1v) is 9.76. The van der Waals surface area contributed by atoms with Gasteiger partial charge in [-0.25, -0.2) is 4.79 Å². The zero-order valence-corrected chi connectivity index (χ0v) is 15.8. The van der Waals surface area contributed by atoms with Gasteiger partial charge in [0.2, 0.25) is 5.91 Å². The Morgan fingerprint density at radius 1 is 1.12 bits per heavy atom.